The quantitative estimate of drug-likeness (QED) is 0.711. The molecule has 0 radical (unpaired) electrons. The fraction of sp³-hybridized carbons (Fsp3) is 0.111. The zero-order valence-electron chi connectivity index (χ0n) is 7.06. The predicted molar refractivity (Wildman–Crippen MR) is 47.7 cm³/mol. The third-order valence-electron chi connectivity index (χ3n) is 1.99. The number of carbonyl (C=O) groups is 1. The van der Waals surface area contributed by atoms with Crippen LogP contribution in [0.25, 0.3) is 11.0 Å². The van der Waals surface area contributed by atoms with Crippen molar-refractivity contribution in [3.05, 3.63) is 30.1 Å². The van der Waals surface area contributed by atoms with Crippen molar-refractivity contribution < 1.29 is 9.90 Å². The molecule has 2 aromatic rings. The van der Waals surface area contributed by atoms with E-state index in [0.717, 1.165) is 0 Å². The first-order valence-electron chi connectivity index (χ1n) is 3.83. The first kappa shape index (κ1) is 7.79. The van der Waals surface area contributed by atoms with Crippen molar-refractivity contribution in [2.24, 2.45) is 7.05 Å². The van der Waals surface area contributed by atoms with Gasteiger partial charge in [-0.05, 0) is 12.1 Å². The second-order valence-corrected chi connectivity index (χ2v) is 2.82. The van der Waals surface area contributed by atoms with Crippen molar-refractivity contribution in [2.75, 3.05) is 0 Å². The van der Waals surface area contributed by atoms with Gasteiger partial charge in [-0.2, -0.15) is 0 Å². The summed E-state index contributed by atoms with van der Waals surface area (Å²) in [5, 5.41) is 8.88. The van der Waals surface area contributed by atoms with Gasteiger partial charge < -0.3 is 9.67 Å². The van der Waals surface area contributed by atoms with Crippen LogP contribution in [0.5, 0.6) is 0 Å². The van der Waals surface area contributed by atoms with E-state index in [-0.39, 0.29) is 5.56 Å². The molecule has 0 aromatic carbocycles. The minimum atomic E-state index is -0.922. The fourth-order valence-electron chi connectivity index (χ4n) is 1.39. The van der Waals surface area contributed by atoms with Crippen molar-refractivity contribution >= 4 is 17.0 Å². The van der Waals surface area contributed by atoms with Gasteiger partial charge in [-0.25, -0.2) is 4.79 Å². The van der Waals surface area contributed by atoms with Gasteiger partial charge in [-0.15, -0.1) is 0 Å². The third-order valence-corrected chi connectivity index (χ3v) is 1.99. The molecule has 0 aliphatic heterocycles. The highest BCUT2D eigenvalue weighted by Crippen LogP contribution is 2.16. The van der Waals surface area contributed by atoms with Crippen LogP contribution in [0.1, 0.15) is 10.4 Å². The molecule has 0 amide bonds. The molecular formula is C9H8N2O2. The van der Waals surface area contributed by atoms with E-state index in [9.17, 15) is 4.79 Å². The summed E-state index contributed by atoms with van der Waals surface area (Å²) in [7, 11) is 1.80. The Kier molecular flexibility index (Phi) is 1.55. The molecule has 1 N–H and O–H groups in total. The molecule has 2 aromatic heterocycles. The highest BCUT2D eigenvalue weighted by atomic mass is 16.4. The van der Waals surface area contributed by atoms with Crippen molar-refractivity contribution in [1.82, 2.24) is 9.55 Å². The summed E-state index contributed by atoms with van der Waals surface area (Å²) in [6.45, 7) is 0. The molecule has 0 aliphatic carbocycles. The SMILES string of the molecule is Cn1ccc2nccc(C(=O)O)c21. The highest BCUT2D eigenvalue weighted by Gasteiger charge is 2.10. The van der Waals surface area contributed by atoms with Crippen LogP contribution in [0.2, 0.25) is 0 Å². The van der Waals surface area contributed by atoms with Crippen LogP contribution >= 0.6 is 0 Å². The average Bonchev–Trinajstić information content (AvgIpc) is 2.48. The zero-order valence-corrected chi connectivity index (χ0v) is 7.06. The fourth-order valence-corrected chi connectivity index (χ4v) is 1.39. The molecule has 0 saturated heterocycles. The number of hydrogen-bond donors (Lipinski definition) is 1. The molecule has 2 heterocycles. The maximum absolute atomic E-state index is 10.8. The number of carboxylic acids is 1. The van der Waals surface area contributed by atoms with Gasteiger partial charge in [0, 0.05) is 19.4 Å². The molecule has 2 rings (SSSR count). The smallest absolute Gasteiger partial charge is 0.337 e. The maximum Gasteiger partial charge on any atom is 0.337 e. The van der Waals surface area contributed by atoms with Gasteiger partial charge in [0.2, 0.25) is 0 Å². The average molecular weight is 176 g/mol. The summed E-state index contributed by atoms with van der Waals surface area (Å²) in [4.78, 5) is 14.9. The molecule has 0 spiro atoms. The lowest BCUT2D eigenvalue weighted by atomic mass is 10.2. The number of aromatic carboxylic acids is 1. The number of nitrogens with zero attached hydrogens (tertiary/aromatic N) is 2. The van der Waals surface area contributed by atoms with E-state index in [1.165, 1.54) is 12.3 Å². The molecule has 0 aliphatic rings. The van der Waals surface area contributed by atoms with Gasteiger partial charge in [-0.3, -0.25) is 4.98 Å². The lowest BCUT2D eigenvalue weighted by Gasteiger charge is -1.99. The minimum absolute atomic E-state index is 0.289. The van der Waals surface area contributed by atoms with Crippen LogP contribution in [-0.2, 0) is 7.05 Å². The highest BCUT2D eigenvalue weighted by molar-refractivity contribution is 6.00. The second-order valence-electron chi connectivity index (χ2n) is 2.82. The topological polar surface area (TPSA) is 55.1 Å². The summed E-state index contributed by atoms with van der Waals surface area (Å²) < 4.78 is 1.76. The zero-order chi connectivity index (χ0) is 9.42. The predicted octanol–water partition coefficient (Wildman–Crippen LogP) is 1.27. The Bertz CT molecular complexity index is 473. The van der Waals surface area contributed by atoms with E-state index in [2.05, 4.69) is 4.98 Å². The Labute approximate surface area is 74.4 Å². The van der Waals surface area contributed by atoms with Gasteiger partial charge in [0.15, 0.2) is 0 Å². The summed E-state index contributed by atoms with van der Waals surface area (Å²) in [6, 6.07) is 3.30. The van der Waals surface area contributed by atoms with E-state index < -0.39 is 5.97 Å². The van der Waals surface area contributed by atoms with Crippen LogP contribution in [0.15, 0.2) is 24.5 Å². The van der Waals surface area contributed by atoms with Crippen molar-refractivity contribution in [2.45, 2.75) is 0 Å². The molecule has 0 unspecified atom stereocenters. The largest absolute Gasteiger partial charge is 0.478 e. The number of aromatic nitrogens is 2. The molecule has 0 atom stereocenters. The number of aryl methyl sites for hydroxylation is 1. The Balaban J connectivity index is 2.88. The van der Waals surface area contributed by atoms with E-state index in [1.54, 1.807) is 23.9 Å². The maximum atomic E-state index is 10.8. The lowest BCUT2D eigenvalue weighted by Crippen LogP contribution is -2.00. The molecule has 13 heavy (non-hydrogen) atoms. The lowest BCUT2D eigenvalue weighted by molar-refractivity contribution is 0.0698. The first-order chi connectivity index (χ1) is 6.20. The number of pyridine rings is 1. The molecule has 66 valence electrons. The van der Waals surface area contributed by atoms with E-state index in [0.29, 0.717) is 11.0 Å². The molecular weight excluding hydrogens is 168 g/mol. The van der Waals surface area contributed by atoms with Gasteiger partial charge in [0.1, 0.15) is 0 Å². The van der Waals surface area contributed by atoms with Gasteiger partial charge in [0.25, 0.3) is 0 Å². The van der Waals surface area contributed by atoms with E-state index in [4.69, 9.17) is 5.11 Å². The van der Waals surface area contributed by atoms with Crippen molar-refractivity contribution in [3.63, 3.8) is 0 Å². The minimum Gasteiger partial charge on any atom is -0.478 e. The van der Waals surface area contributed by atoms with Crippen LogP contribution in [-0.4, -0.2) is 20.6 Å². The summed E-state index contributed by atoms with van der Waals surface area (Å²) in [5.41, 5.74) is 1.66. The van der Waals surface area contributed by atoms with Gasteiger partial charge in [-0.1, -0.05) is 0 Å². The molecule has 0 saturated carbocycles. The molecule has 4 heteroatoms. The van der Waals surface area contributed by atoms with Gasteiger partial charge >= 0.3 is 5.97 Å². The monoisotopic (exact) mass is 176 g/mol. The number of carboxylic acid groups (broad SMARTS) is 1. The summed E-state index contributed by atoms with van der Waals surface area (Å²) in [6.07, 6.45) is 3.30. The normalized spacial score (nSPS) is 10.5. The molecule has 4 nitrogen and oxygen atoms in total. The first-order valence-corrected chi connectivity index (χ1v) is 3.83. The van der Waals surface area contributed by atoms with Gasteiger partial charge in [0.05, 0.1) is 16.6 Å². The Morgan fingerprint density at radius 2 is 2.31 bits per heavy atom. The Hall–Kier alpha value is -1.84. The Morgan fingerprint density at radius 1 is 1.54 bits per heavy atom. The van der Waals surface area contributed by atoms with E-state index >= 15 is 0 Å². The van der Waals surface area contributed by atoms with E-state index in [1.807, 2.05) is 0 Å². The number of rotatable bonds is 1. The van der Waals surface area contributed by atoms with Crippen molar-refractivity contribution in [3.8, 4) is 0 Å². The second kappa shape index (κ2) is 2.58. The molecule has 0 fully saturated rings. The summed E-state index contributed by atoms with van der Waals surface area (Å²) in [5.74, 6) is -0.922. The number of fused-ring (bicyclic) bond motifs is 1. The Morgan fingerprint density at radius 3 is 3.00 bits per heavy atom. The molecule has 0 bridgehead atoms. The van der Waals surface area contributed by atoms with Crippen LogP contribution in [0.3, 0.4) is 0 Å². The van der Waals surface area contributed by atoms with Crippen LogP contribution < -0.4 is 0 Å². The standard InChI is InChI=1S/C9H8N2O2/c1-11-5-3-7-8(11)6(9(12)13)2-4-10-7/h2-5H,1H3,(H,12,13). The number of hydrogen-bond acceptors (Lipinski definition) is 2. The van der Waals surface area contributed by atoms with Crippen molar-refractivity contribution in [1.29, 1.82) is 0 Å². The summed E-state index contributed by atoms with van der Waals surface area (Å²) >= 11 is 0. The third kappa shape index (κ3) is 1.07. The van der Waals surface area contributed by atoms with Crippen LogP contribution in [0.4, 0.5) is 0 Å². The van der Waals surface area contributed by atoms with Crippen LogP contribution in [0, 0.1) is 0 Å².